The van der Waals surface area contributed by atoms with E-state index < -0.39 is 5.97 Å². The first-order valence-corrected chi connectivity index (χ1v) is 9.50. The third-order valence-corrected chi connectivity index (χ3v) is 4.64. The van der Waals surface area contributed by atoms with E-state index in [0.29, 0.717) is 12.4 Å². The van der Waals surface area contributed by atoms with E-state index >= 15 is 0 Å². The summed E-state index contributed by atoms with van der Waals surface area (Å²) < 4.78 is 13.3. The molecule has 2 aromatic carbocycles. The van der Waals surface area contributed by atoms with Crippen LogP contribution in [0.1, 0.15) is 32.8 Å². The minimum atomic E-state index is -0.981. The molecule has 5 heteroatoms. The van der Waals surface area contributed by atoms with E-state index in [1.165, 1.54) is 5.56 Å². The van der Waals surface area contributed by atoms with Gasteiger partial charge in [0.05, 0.1) is 6.61 Å². The van der Waals surface area contributed by atoms with Crippen molar-refractivity contribution in [3.63, 3.8) is 0 Å². The van der Waals surface area contributed by atoms with Crippen LogP contribution in [0.3, 0.4) is 0 Å². The molecule has 28 heavy (non-hydrogen) atoms. The number of ether oxygens (including phenoxy) is 2. The fourth-order valence-electron chi connectivity index (χ4n) is 3.08. The van der Waals surface area contributed by atoms with Crippen LogP contribution in [0.5, 0.6) is 11.5 Å². The van der Waals surface area contributed by atoms with E-state index in [0.717, 1.165) is 29.6 Å². The second-order valence-electron chi connectivity index (χ2n) is 7.89. The van der Waals surface area contributed by atoms with Crippen LogP contribution >= 0.6 is 0 Å². The van der Waals surface area contributed by atoms with Crippen molar-refractivity contribution >= 4 is 16.9 Å². The molecule has 0 bridgehead atoms. The lowest BCUT2D eigenvalue weighted by Crippen LogP contribution is -2.10. The SMILES string of the molecule is CC(C)(C)c1ccc(OCCCn2ccc3cc(OCC(=O)O)ccc32)cc1. The number of hydrogen-bond donors (Lipinski definition) is 1. The topological polar surface area (TPSA) is 60.7 Å². The summed E-state index contributed by atoms with van der Waals surface area (Å²) in [6.07, 6.45) is 2.92. The van der Waals surface area contributed by atoms with Crippen LogP contribution < -0.4 is 9.47 Å². The molecule has 0 spiro atoms. The summed E-state index contributed by atoms with van der Waals surface area (Å²) in [6, 6.07) is 15.9. The average Bonchev–Trinajstić information content (AvgIpc) is 3.05. The van der Waals surface area contributed by atoms with Crippen molar-refractivity contribution in [2.75, 3.05) is 13.2 Å². The van der Waals surface area contributed by atoms with Crippen LogP contribution in [0.15, 0.2) is 54.7 Å². The van der Waals surface area contributed by atoms with Crippen molar-refractivity contribution in [2.24, 2.45) is 0 Å². The van der Waals surface area contributed by atoms with Gasteiger partial charge in [0.25, 0.3) is 0 Å². The zero-order valence-electron chi connectivity index (χ0n) is 16.6. The summed E-state index contributed by atoms with van der Waals surface area (Å²) in [7, 11) is 0. The number of aromatic nitrogens is 1. The average molecular weight is 381 g/mol. The number of carboxylic acid groups (broad SMARTS) is 1. The van der Waals surface area contributed by atoms with Gasteiger partial charge in [-0.3, -0.25) is 0 Å². The minimum Gasteiger partial charge on any atom is -0.494 e. The Hall–Kier alpha value is -2.95. The normalized spacial score (nSPS) is 11.5. The van der Waals surface area contributed by atoms with Gasteiger partial charge in [0.1, 0.15) is 11.5 Å². The van der Waals surface area contributed by atoms with Gasteiger partial charge < -0.3 is 19.1 Å². The van der Waals surface area contributed by atoms with Crippen LogP contribution in [-0.4, -0.2) is 28.9 Å². The van der Waals surface area contributed by atoms with Gasteiger partial charge in [-0.15, -0.1) is 0 Å². The summed E-state index contributed by atoms with van der Waals surface area (Å²) in [5.41, 5.74) is 2.54. The third-order valence-electron chi connectivity index (χ3n) is 4.64. The van der Waals surface area contributed by atoms with Crippen molar-refractivity contribution in [3.8, 4) is 11.5 Å². The molecule has 1 heterocycles. The molecule has 0 amide bonds. The zero-order chi connectivity index (χ0) is 20.1. The lowest BCUT2D eigenvalue weighted by molar-refractivity contribution is -0.139. The smallest absolute Gasteiger partial charge is 0.341 e. The molecule has 0 fully saturated rings. The number of aliphatic carboxylic acids is 1. The van der Waals surface area contributed by atoms with Crippen LogP contribution in [0.25, 0.3) is 10.9 Å². The molecule has 3 aromatic rings. The van der Waals surface area contributed by atoms with E-state index in [9.17, 15) is 4.79 Å². The Morgan fingerprint density at radius 1 is 1.00 bits per heavy atom. The van der Waals surface area contributed by atoms with Crippen molar-refractivity contribution < 1.29 is 19.4 Å². The van der Waals surface area contributed by atoms with Gasteiger partial charge >= 0.3 is 5.97 Å². The van der Waals surface area contributed by atoms with Crippen LogP contribution in [0, 0.1) is 0 Å². The second kappa shape index (κ2) is 8.38. The summed E-state index contributed by atoms with van der Waals surface area (Å²) in [6.45, 7) is 7.76. The van der Waals surface area contributed by atoms with Gasteiger partial charge in [-0.25, -0.2) is 4.79 Å². The summed E-state index contributed by atoms with van der Waals surface area (Å²) in [4.78, 5) is 10.6. The maximum absolute atomic E-state index is 10.6. The Bertz CT molecular complexity index is 935. The Labute approximate surface area is 165 Å². The maximum Gasteiger partial charge on any atom is 0.341 e. The van der Waals surface area contributed by atoms with Crippen molar-refractivity contribution in [3.05, 3.63) is 60.3 Å². The fourth-order valence-corrected chi connectivity index (χ4v) is 3.08. The van der Waals surface area contributed by atoms with Gasteiger partial charge in [0.15, 0.2) is 6.61 Å². The van der Waals surface area contributed by atoms with E-state index in [2.05, 4.69) is 37.5 Å². The first-order chi connectivity index (χ1) is 13.3. The first-order valence-electron chi connectivity index (χ1n) is 9.50. The van der Waals surface area contributed by atoms with Crippen molar-refractivity contribution in [1.29, 1.82) is 0 Å². The number of nitrogens with zero attached hydrogens (tertiary/aromatic N) is 1. The number of rotatable bonds is 8. The summed E-state index contributed by atoms with van der Waals surface area (Å²) in [5.74, 6) is 0.478. The highest BCUT2D eigenvalue weighted by Crippen LogP contribution is 2.25. The summed E-state index contributed by atoms with van der Waals surface area (Å²) >= 11 is 0. The lowest BCUT2D eigenvalue weighted by Gasteiger charge is -2.19. The molecular formula is C23H27NO4. The molecule has 148 valence electrons. The van der Waals surface area contributed by atoms with Crippen LogP contribution in [0.2, 0.25) is 0 Å². The molecular weight excluding hydrogens is 354 g/mol. The monoisotopic (exact) mass is 381 g/mol. The van der Waals surface area contributed by atoms with Crippen LogP contribution in [-0.2, 0) is 16.8 Å². The largest absolute Gasteiger partial charge is 0.494 e. The molecule has 0 aliphatic carbocycles. The molecule has 1 aromatic heterocycles. The minimum absolute atomic E-state index is 0.145. The molecule has 1 N–H and O–H groups in total. The predicted molar refractivity (Wildman–Crippen MR) is 110 cm³/mol. The Kier molecular flexibility index (Phi) is 5.93. The fraction of sp³-hybridized carbons (Fsp3) is 0.348. The predicted octanol–water partition coefficient (Wildman–Crippen LogP) is 4.87. The third kappa shape index (κ3) is 5.06. The molecule has 3 rings (SSSR count). The van der Waals surface area contributed by atoms with E-state index in [-0.39, 0.29) is 12.0 Å². The number of carboxylic acids is 1. The van der Waals surface area contributed by atoms with E-state index in [1.54, 1.807) is 6.07 Å². The number of aryl methyl sites for hydroxylation is 1. The van der Waals surface area contributed by atoms with Crippen LogP contribution in [0.4, 0.5) is 0 Å². The van der Waals surface area contributed by atoms with Gasteiger partial charge in [-0.2, -0.15) is 0 Å². The maximum atomic E-state index is 10.6. The number of carbonyl (C=O) groups is 1. The highest BCUT2D eigenvalue weighted by molar-refractivity contribution is 5.81. The zero-order valence-corrected chi connectivity index (χ0v) is 16.6. The molecule has 0 aliphatic rings. The van der Waals surface area contributed by atoms with Gasteiger partial charge in [0, 0.05) is 23.6 Å². The van der Waals surface area contributed by atoms with Crippen molar-refractivity contribution in [1.82, 2.24) is 4.57 Å². The number of benzene rings is 2. The Balaban J connectivity index is 1.52. The molecule has 0 unspecified atom stereocenters. The molecule has 0 saturated carbocycles. The highest BCUT2D eigenvalue weighted by atomic mass is 16.5. The molecule has 0 atom stereocenters. The number of fused-ring (bicyclic) bond motifs is 1. The second-order valence-corrected chi connectivity index (χ2v) is 7.89. The molecule has 0 radical (unpaired) electrons. The van der Waals surface area contributed by atoms with Crippen molar-refractivity contribution in [2.45, 2.75) is 39.2 Å². The Morgan fingerprint density at radius 2 is 1.71 bits per heavy atom. The first kappa shape index (κ1) is 19.8. The molecule has 0 aliphatic heterocycles. The van der Waals surface area contributed by atoms with E-state index in [1.807, 2.05) is 36.5 Å². The van der Waals surface area contributed by atoms with Gasteiger partial charge in [-0.1, -0.05) is 32.9 Å². The van der Waals surface area contributed by atoms with E-state index in [4.69, 9.17) is 14.6 Å². The number of hydrogen-bond acceptors (Lipinski definition) is 3. The standard InChI is InChI=1S/C23H27NO4/c1-23(2,3)18-5-7-19(8-6-18)27-14-4-12-24-13-11-17-15-20(9-10-21(17)24)28-16-22(25)26/h5-11,13,15H,4,12,14,16H2,1-3H3,(H,25,26). The van der Waals surface area contributed by atoms with Gasteiger partial charge in [-0.05, 0) is 53.8 Å². The lowest BCUT2D eigenvalue weighted by atomic mass is 9.87. The Morgan fingerprint density at radius 3 is 2.39 bits per heavy atom. The quantitative estimate of drug-likeness (QED) is 0.566. The summed E-state index contributed by atoms with van der Waals surface area (Å²) in [5, 5.41) is 9.73. The molecule has 0 saturated heterocycles. The molecule has 5 nitrogen and oxygen atoms in total. The van der Waals surface area contributed by atoms with Gasteiger partial charge in [0.2, 0.25) is 0 Å². The highest BCUT2D eigenvalue weighted by Gasteiger charge is 2.13.